The zero-order chi connectivity index (χ0) is 9.72. The van der Waals surface area contributed by atoms with E-state index in [4.69, 9.17) is 9.47 Å². The first-order chi connectivity index (χ1) is 5.43. The number of hydrogen-bond acceptors (Lipinski definition) is 3. The molecule has 4 heteroatoms. The first kappa shape index (κ1) is 12.0. The van der Waals surface area contributed by atoms with Gasteiger partial charge in [-0.05, 0) is 42.4 Å². The van der Waals surface area contributed by atoms with Crippen molar-refractivity contribution in [3.05, 3.63) is 0 Å². The second-order valence-electron chi connectivity index (χ2n) is 3.13. The van der Waals surface area contributed by atoms with E-state index in [2.05, 4.69) is 22.6 Å². The zero-order valence-electron chi connectivity index (χ0n) is 7.83. The van der Waals surface area contributed by atoms with Crippen LogP contribution in [0, 0.1) is 5.92 Å². The molecule has 0 aliphatic rings. The molecule has 0 aromatic heterocycles. The number of alkyl halides is 1. The molecule has 0 spiro atoms. The SMILES string of the molecule is CC(C)OC(=O)OC(I)C(C)C. The second-order valence-corrected chi connectivity index (χ2v) is 4.36. The quantitative estimate of drug-likeness (QED) is 0.454. The van der Waals surface area contributed by atoms with Crippen molar-refractivity contribution < 1.29 is 14.3 Å². The molecule has 0 saturated carbocycles. The maximum absolute atomic E-state index is 10.9. The third kappa shape index (κ3) is 5.62. The van der Waals surface area contributed by atoms with Crippen molar-refractivity contribution in [2.45, 2.75) is 37.9 Å². The molecular weight excluding hydrogens is 271 g/mol. The number of halogens is 1. The minimum Gasteiger partial charge on any atom is -0.432 e. The van der Waals surface area contributed by atoms with E-state index in [0.29, 0.717) is 5.92 Å². The summed E-state index contributed by atoms with van der Waals surface area (Å²) in [6.45, 7) is 7.55. The van der Waals surface area contributed by atoms with Crippen molar-refractivity contribution >= 4 is 28.7 Å². The molecule has 0 fully saturated rings. The minimum atomic E-state index is -0.585. The predicted molar refractivity (Wildman–Crippen MR) is 55.3 cm³/mol. The van der Waals surface area contributed by atoms with E-state index in [1.54, 1.807) is 13.8 Å². The lowest BCUT2D eigenvalue weighted by molar-refractivity contribution is 0.0233. The molecule has 0 bridgehead atoms. The van der Waals surface area contributed by atoms with Crippen molar-refractivity contribution in [1.82, 2.24) is 0 Å². The summed E-state index contributed by atoms with van der Waals surface area (Å²) in [7, 11) is 0. The summed E-state index contributed by atoms with van der Waals surface area (Å²) in [6.07, 6.45) is -0.702. The van der Waals surface area contributed by atoms with Crippen molar-refractivity contribution in [3.8, 4) is 0 Å². The molecule has 0 amide bonds. The third-order valence-corrected chi connectivity index (χ3v) is 2.76. The molecule has 0 heterocycles. The molecule has 0 rings (SSSR count). The van der Waals surface area contributed by atoms with Crippen LogP contribution < -0.4 is 0 Å². The summed E-state index contributed by atoms with van der Waals surface area (Å²) in [5.74, 6) is 0.310. The Bertz CT molecular complexity index is 145. The topological polar surface area (TPSA) is 35.5 Å². The van der Waals surface area contributed by atoms with Crippen LogP contribution in [0.15, 0.2) is 0 Å². The Morgan fingerprint density at radius 1 is 1.17 bits per heavy atom. The summed E-state index contributed by atoms with van der Waals surface area (Å²) >= 11 is 2.07. The summed E-state index contributed by atoms with van der Waals surface area (Å²) in [5.41, 5.74) is 0. The zero-order valence-corrected chi connectivity index (χ0v) is 9.99. The lowest BCUT2D eigenvalue weighted by atomic mass is 10.2. The monoisotopic (exact) mass is 286 g/mol. The average molecular weight is 286 g/mol. The van der Waals surface area contributed by atoms with Gasteiger partial charge in [0.15, 0.2) is 4.11 Å². The van der Waals surface area contributed by atoms with Crippen LogP contribution in [-0.2, 0) is 9.47 Å². The van der Waals surface area contributed by atoms with Crippen LogP contribution in [0.1, 0.15) is 27.7 Å². The summed E-state index contributed by atoms with van der Waals surface area (Å²) in [6, 6.07) is 0. The van der Waals surface area contributed by atoms with Crippen LogP contribution >= 0.6 is 22.6 Å². The Kier molecular flexibility index (Phi) is 5.61. The van der Waals surface area contributed by atoms with E-state index in [1.165, 1.54) is 0 Å². The Morgan fingerprint density at radius 2 is 1.67 bits per heavy atom. The molecule has 12 heavy (non-hydrogen) atoms. The first-order valence-electron chi connectivity index (χ1n) is 3.94. The molecule has 0 aliphatic heterocycles. The van der Waals surface area contributed by atoms with E-state index in [-0.39, 0.29) is 10.2 Å². The van der Waals surface area contributed by atoms with Gasteiger partial charge in [-0.1, -0.05) is 13.8 Å². The van der Waals surface area contributed by atoms with Gasteiger partial charge in [0.1, 0.15) is 0 Å². The van der Waals surface area contributed by atoms with Gasteiger partial charge >= 0.3 is 6.16 Å². The fourth-order valence-electron chi connectivity index (χ4n) is 0.448. The molecule has 0 N–H and O–H groups in total. The van der Waals surface area contributed by atoms with Crippen molar-refractivity contribution in [2.24, 2.45) is 5.92 Å². The van der Waals surface area contributed by atoms with Gasteiger partial charge in [-0.15, -0.1) is 0 Å². The van der Waals surface area contributed by atoms with Crippen molar-refractivity contribution in [1.29, 1.82) is 0 Å². The summed E-state index contributed by atoms with van der Waals surface area (Å²) in [5, 5.41) is 0. The minimum absolute atomic E-state index is 0.117. The van der Waals surface area contributed by atoms with Gasteiger partial charge in [0, 0.05) is 0 Å². The Balaban J connectivity index is 3.69. The fourth-order valence-corrected chi connectivity index (χ4v) is 0.656. The number of ether oxygens (including phenoxy) is 2. The second kappa shape index (κ2) is 5.61. The van der Waals surface area contributed by atoms with E-state index in [0.717, 1.165) is 0 Å². The van der Waals surface area contributed by atoms with Gasteiger partial charge in [-0.3, -0.25) is 0 Å². The molecular formula is C8H15IO3. The molecule has 0 aromatic carbocycles. The van der Waals surface area contributed by atoms with Gasteiger partial charge in [0.2, 0.25) is 0 Å². The molecule has 0 saturated heterocycles. The number of rotatable bonds is 3. The van der Waals surface area contributed by atoms with Crippen LogP contribution in [0.2, 0.25) is 0 Å². The first-order valence-corrected chi connectivity index (χ1v) is 5.19. The number of carbonyl (C=O) groups is 1. The van der Waals surface area contributed by atoms with Crippen LogP contribution in [0.5, 0.6) is 0 Å². The fraction of sp³-hybridized carbons (Fsp3) is 0.875. The van der Waals surface area contributed by atoms with E-state index in [9.17, 15) is 4.79 Å². The van der Waals surface area contributed by atoms with Gasteiger partial charge in [-0.25, -0.2) is 4.79 Å². The molecule has 72 valence electrons. The lowest BCUT2D eigenvalue weighted by Gasteiger charge is -2.15. The van der Waals surface area contributed by atoms with Crippen LogP contribution in [0.25, 0.3) is 0 Å². The number of hydrogen-bond donors (Lipinski definition) is 0. The lowest BCUT2D eigenvalue weighted by Crippen LogP contribution is -2.20. The predicted octanol–water partition coefficient (Wildman–Crippen LogP) is 2.97. The van der Waals surface area contributed by atoms with E-state index in [1.807, 2.05) is 13.8 Å². The highest BCUT2D eigenvalue weighted by atomic mass is 127. The summed E-state index contributed by atoms with van der Waals surface area (Å²) in [4.78, 5) is 10.9. The van der Waals surface area contributed by atoms with Gasteiger partial charge < -0.3 is 9.47 Å². The van der Waals surface area contributed by atoms with E-state index < -0.39 is 6.16 Å². The van der Waals surface area contributed by atoms with Gasteiger partial charge in [0.05, 0.1) is 6.10 Å². The molecule has 3 nitrogen and oxygen atoms in total. The molecule has 0 radical (unpaired) electrons. The standard InChI is InChI=1S/C8H15IO3/c1-5(2)7(9)12-8(10)11-6(3)4/h5-7H,1-4H3. The third-order valence-electron chi connectivity index (χ3n) is 1.06. The highest BCUT2D eigenvalue weighted by molar-refractivity contribution is 14.1. The van der Waals surface area contributed by atoms with Crippen molar-refractivity contribution in [3.63, 3.8) is 0 Å². The van der Waals surface area contributed by atoms with Gasteiger partial charge in [-0.2, -0.15) is 0 Å². The van der Waals surface area contributed by atoms with Crippen LogP contribution in [0.3, 0.4) is 0 Å². The van der Waals surface area contributed by atoms with Crippen LogP contribution in [-0.4, -0.2) is 16.4 Å². The Morgan fingerprint density at radius 3 is 2.00 bits per heavy atom. The average Bonchev–Trinajstić information content (AvgIpc) is 1.84. The highest BCUT2D eigenvalue weighted by Crippen LogP contribution is 2.14. The maximum Gasteiger partial charge on any atom is 0.509 e. The van der Waals surface area contributed by atoms with Crippen molar-refractivity contribution in [2.75, 3.05) is 0 Å². The normalized spacial score (nSPS) is 13.2. The Hall–Kier alpha value is 0. The van der Waals surface area contributed by atoms with E-state index >= 15 is 0 Å². The molecule has 0 aliphatic carbocycles. The number of carbonyl (C=O) groups excluding carboxylic acids is 1. The smallest absolute Gasteiger partial charge is 0.432 e. The highest BCUT2D eigenvalue weighted by Gasteiger charge is 2.16. The molecule has 0 aromatic rings. The maximum atomic E-state index is 10.9. The largest absolute Gasteiger partial charge is 0.509 e. The molecule has 1 atom stereocenters. The molecule has 1 unspecified atom stereocenters. The van der Waals surface area contributed by atoms with Crippen LogP contribution in [0.4, 0.5) is 4.79 Å². The van der Waals surface area contributed by atoms with Gasteiger partial charge in [0.25, 0.3) is 0 Å². The summed E-state index contributed by atoms with van der Waals surface area (Å²) < 4.78 is 9.64. The Labute approximate surface area is 86.9 Å².